The molecule has 2 rings (SSSR count). The summed E-state index contributed by atoms with van der Waals surface area (Å²) in [5.41, 5.74) is -0.502. The predicted molar refractivity (Wildman–Crippen MR) is 86.1 cm³/mol. The molecule has 1 heterocycles. The van der Waals surface area contributed by atoms with Gasteiger partial charge in [0.25, 0.3) is 0 Å². The summed E-state index contributed by atoms with van der Waals surface area (Å²) >= 11 is 5.88. The van der Waals surface area contributed by atoms with E-state index in [0.29, 0.717) is 11.1 Å². The second kappa shape index (κ2) is 7.13. The zero-order valence-corrected chi connectivity index (χ0v) is 14.0. The van der Waals surface area contributed by atoms with Gasteiger partial charge in [-0.2, -0.15) is 0 Å². The van der Waals surface area contributed by atoms with Gasteiger partial charge in [0.15, 0.2) is 0 Å². The van der Waals surface area contributed by atoms with Crippen molar-refractivity contribution in [2.24, 2.45) is 0 Å². The molecule has 2 atom stereocenters. The largest absolute Gasteiger partial charge is 0.444 e. The van der Waals surface area contributed by atoms with Crippen molar-refractivity contribution in [1.82, 2.24) is 15.3 Å². The van der Waals surface area contributed by atoms with Crippen LogP contribution in [0.4, 0.5) is 10.7 Å². The van der Waals surface area contributed by atoms with Gasteiger partial charge in [0, 0.05) is 12.2 Å². The van der Waals surface area contributed by atoms with Gasteiger partial charge in [0.05, 0.1) is 6.04 Å². The summed E-state index contributed by atoms with van der Waals surface area (Å²) in [5, 5.41) is 6.60. The van der Waals surface area contributed by atoms with Gasteiger partial charge in [-0.05, 0) is 39.7 Å². The summed E-state index contributed by atoms with van der Waals surface area (Å²) in [5.74, 6) is 0.482. The number of carbonyl (C=O) groups is 1. The molecule has 0 radical (unpaired) electrons. The molecule has 1 fully saturated rings. The Morgan fingerprint density at radius 1 is 1.32 bits per heavy atom. The van der Waals surface area contributed by atoms with E-state index in [2.05, 4.69) is 20.6 Å². The zero-order valence-electron chi connectivity index (χ0n) is 13.2. The topological polar surface area (TPSA) is 76.1 Å². The third-order valence-corrected chi connectivity index (χ3v) is 3.61. The van der Waals surface area contributed by atoms with E-state index in [1.165, 1.54) is 0 Å². The summed E-state index contributed by atoms with van der Waals surface area (Å²) in [6.07, 6.45) is 5.24. The first-order valence-corrected chi connectivity index (χ1v) is 7.96. The highest BCUT2D eigenvalue weighted by Crippen LogP contribution is 2.22. The van der Waals surface area contributed by atoms with Crippen LogP contribution in [0.25, 0.3) is 0 Å². The van der Waals surface area contributed by atoms with Gasteiger partial charge in [-0.3, -0.25) is 0 Å². The van der Waals surface area contributed by atoms with E-state index in [1.807, 2.05) is 20.8 Å². The molecule has 0 aromatic carbocycles. The molecule has 22 heavy (non-hydrogen) atoms. The van der Waals surface area contributed by atoms with Gasteiger partial charge in [-0.1, -0.05) is 24.4 Å². The Labute approximate surface area is 136 Å². The fourth-order valence-corrected chi connectivity index (χ4v) is 2.64. The van der Waals surface area contributed by atoms with Crippen molar-refractivity contribution in [3.8, 4) is 0 Å². The van der Waals surface area contributed by atoms with Gasteiger partial charge in [-0.15, -0.1) is 0 Å². The maximum Gasteiger partial charge on any atom is 0.407 e. The third kappa shape index (κ3) is 5.33. The van der Waals surface area contributed by atoms with Crippen molar-refractivity contribution < 1.29 is 9.53 Å². The molecule has 1 aliphatic rings. The molecule has 122 valence electrons. The molecule has 0 spiro atoms. The molecule has 7 heteroatoms. The maximum absolute atomic E-state index is 12.0. The fraction of sp³-hybridized carbons (Fsp3) is 0.667. The van der Waals surface area contributed by atoms with Crippen LogP contribution in [0, 0.1) is 0 Å². The number of hydrogen-bond acceptors (Lipinski definition) is 5. The average molecular weight is 327 g/mol. The number of rotatable bonds is 3. The first kappa shape index (κ1) is 16.8. The number of amides is 1. The molecule has 0 unspecified atom stereocenters. The Kier molecular flexibility index (Phi) is 5.45. The predicted octanol–water partition coefficient (Wildman–Crippen LogP) is 3.38. The van der Waals surface area contributed by atoms with Crippen molar-refractivity contribution in [2.75, 3.05) is 5.32 Å². The number of hydrogen-bond donors (Lipinski definition) is 2. The number of nitrogens with one attached hydrogen (secondary N) is 2. The molecule has 1 saturated carbocycles. The zero-order chi connectivity index (χ0) is 16.2. The van der Waals surface area contributed by atoms with Crippen LogP contribution in [0.2, 0.25) is 5.15 Å². The smallest absolute Gasteiger partial charge is 0.407 e. The molecular weight excluding hydrogens is 304 g/mol. The summed E-state index contributed by atoms with van der Waals surface area (Å²) in [4.78, 5) is 20.3. The normalized spacial score (nSPS) is 22.0. The van der Waals surface area contributed by atoms with Crippen molar-refractivity contribution >= 4 is 23.6 Å². The van der Waals surface area contributed by atoms with Gasteiger partial charge < -0.3 is 15.4 Å². The average Bonchev–Trinajstić information content (AvgIpc) is 2.39. The summed E-state index contributed by atoms with van der Waals surface area (Å²) < 4.78 is 5.33. The Morgan fingerprint density at radius 2 is 2.00 bits per heavy atom. The number of aromatic nitrogens is 2. The second-order valence-corrected chi connectivity index (χ2v) is 6.88. The molecule has 1 aromatic rings. The Balaban J connectivity index is 1.97. The van der Waals surface area contributed by atoms with Gasteiger partial charge >= 0.3 is 6.09 Å². The van der Waals surface area contributed by atoms with Crippen LogP contribution < -0.4 is 10.6 Å². The molecule has 1 aromatic heterocycles. The molecular formula is C15H23ClN4O2. The SMILES string of the molecule is CC(C)(C)OC(=O)N[C@H]1CCCC[C@H]1Nc1nccc(Cl)n1. The Morgan fingerprint density at radius 3 is 2.64 bits per heavy atom. The van der Waals surface area contributed by atoms with E-state index >= 15 is 0 Å². The first-order valence-electron chi connectivity index (χ1n) is 7.58. The van der Waals surface area contributed by atoms with E-state index in [9.17, 15) is 4.79 Å². The summed E-state index contributed by atoms with van der Waals surface area (Å²) in [7, 11) is 0. The van der Waals surface area contributed by atoms with Crippen LogP contribution >= 0.6 is 11.6 Å². The number of ether oxygens (including phenoxy) is 1. The highest BCUT2D eigenvalue weighted by atomic mass is 35.5. The van der Waals surface area contributed by atoms with Crippen LogP contribution in [0.5, 0.6) is 0 Å². The minimum atomic E-state index is -0.502. The summed E-state index contributed by atoms with van der Waals surface area (Å²) in [6, 6.07) is 1.69. The van der Waals surface area contributed by atoms with Crippen LogP contribution in [-0.2, 0) is 4.74 Å². The van der Waals surface area contributed by atoms with Crippen LogP contribution in [0.15, 0.2) is 12.3 Å². The van der Waals surface area contributed by atoms with Crippen LogP contribution in [0.3, 0.4) is 0 Å². The molecule has 1 amide bonds. The standard InChI is InChI=1S/C15H23ClN4O2/c1-15(2,3)22-14(21)19-11-7-5-4-6-10(11)18-13-17-9-8-12(16)20-13/h8-11H,4-7H2,1-3H3,(H,19,21)(H,17,18,20)/t10-,11+/m1/s1. The monoisotopic (exact) mass is 326 g/mol. The van der Waals surface area contributed by atoms with E-state index in [0.717, 1.165) is 25.7 Å². The lowest BCUT2D eigenvalue weighted by molar-refractivity contribution is 0.0488. The quantitative estimate of drug-likeness (QED) is 0.833. The number of halogens is 1. The highest BCUT2D eigenvalue weighted by Gasteiger charge is 2.28. The Bertz CT molecular complexity index is 519. The first-order chi connectivity index (χ1) is 10.3. The van der Waals surface area contributed by atoms with E-state index < -0.39 is 11.7 Å². The number of carbonyl (C=O) groups excluding carboxylic acids is 1. The lowest BCUT2D eigenvalue weighted by Crippen LogP contribution is -2.50. The van der Waals surface area contributed by atoms with Crippen molar-refractivity contribution in [2.45, 2.75) is 64.1 Å². The van der Waals surface area contributed by atoms with Crippen LogP contribution in [-0.4, -0.2) is 33.7 Å². The number of alkyl carbamates (subject to hydrolysis) is 1. The third-order valence-electron chi connectivity index (χ3n) is 3.40. The van der Waals surface area contributed by atoms with Gasteiger partial charge in [0.2, 0.25) is 5.95 Å². The molecule has 6 nitrogen and oxygen atoms in total. The van der Waals surface area contributed by atoms with Gasteiger partial charge in [-0.25, -0.2) is 14.8 Å². The minimum absolute atomic E-state index is 0.00817. The second-order valence-electron chi connectivity index (χ2n) is 6.49. The molecule has 0 aliphatic heterocycles. The molecule has 0 saturated heterocycles. The number of anilines is 1. The fourth-order valence-electron chi connectivity index (χ4n) is 2.51. The Hall–Kier alpha value is -1.56. The minimum Gasteiger partial charge on any atom is -0.444 e. The van der Waals surface area contributed by atoms with Crippen molar-refractivity contribution in [3.63, 3.8) is 0 Å². The lowest BCUT2D eigenvalue weighted by atomic mass is 9.90. The van der Waals surface area contributed by atoms with E-state index in [-0.39, 0.29) is 12.1 Å². The van der Waals surface area contributed by atoms with Crippen molar-refractivity contribution in [1.29, 1.82) is 0 Å². The maximum atomic E-state index is 12.0. The van der Waals surface area contributed by atoms with E-state index in [4.69, 9.17) is 16.3 Å². The van der Waals surface area contributed by atoms with E-state index in [1.54, 1.807) is 12.3 Å². The summed E-state index contributed by atoms with van der Waals surface area (Å²) in [6.45, 7) is 5.55. The highest BCUT2D eigenvalue weighted by molar-refractivity contribution is 6.29. The van der Waals surface area contributed by atoms with Gasteiger partial charge in [0.1, 0.15) is 10.8 Å². The number of nitrogens with zero attached hydrogens (tertiary/aromatic N) is 2. The molecule has 0 bridgehead atoms. The molecule has 1 aliphatic carbocycles. The van der Waals surface area contributed by atoms with Crippen molar-refractivity contribution in [3.05, 3.63) is 17.4 Å². The molecule has 2 N–H and O–H groups in total. The van der Waals surface area contributed by atoms with Crippen LogP contribution in [0.1, 0.15) is 46.5 Å². The lowest BCUT2D eigenvalue weighted by Gasteiger charge is -2.33.